The molecule has 0 spiro atoms. The van der Waals surface area contributed by atoms with Gasteiger partial charge < -0.3 is 19.8 Å². The zero-order chi connectivity index (χ0) is 17.2. The summed E-state index contributed by atoms with van der Waals surface area (Å²) in [6.45, 7) is 8.92. The number of ether oxygens (including phenoxy) is 1. The summed E-state index contributed by atoms with van der Waals surface area (Å²) in [4.78, 5) is 7.33. The number of likely N-dealkylation sites (tertiary alicyclic amines) is 1. The normalized spacial score (nSPS) is 20.3. The maximum atomic E-state index is 5.38. The predicted molar refractivity (Wildman–Crippen MR) is 97.5 cm³/mol. The summed E-state index contributed by atoms with van der Waals surface area (Å²) in [5.41, 5.74) is 0. The second-order valence-corrected chi connectivity index (χ2v) is 6.37. The summed E-state index contributed by atoms with van der Waals surface area (Å²) in [7, 11) is 1.72. The van der Waals surface area contributed by atoms with Gasteiger partial charge in [-0.25, -0.2) is 0 Å². The Bertz CT molecular complexity index is 475. The smallest absolute Gasteiger partial charge is 0.191 e. The van der Waals surface area contributed by atoms with Gasteiger partial charge in [0.25, 0.3) is 0 Å². The number of rotatable bonds is 9. The Hall–Kier alpha value is -1.53. The molecule has 0 amide bonds. The molecule has 24 heavy (non-hydrogen) atoms. The highest BCUT2D eigenvalue weighted by molar-refractivity contribution is 5.80. The number of methoxy groups -OCH3 is 1. The number of guanidine groups is 1. The Morgan fingerprint density at radius 3 is 3.12 bits per heavy atom. The molecular formula is C18H32N4O2. The highest BCUT2D eigenvalue weighted by atomic mass is 16.5. The average Bonchev–Trinajstić information content (AvgIpc) is 3.23. The molecule has 6 heteroatoms. The van der Waals surface area contributed by atoms with E-state index in [9.17, 15) is 0 Å². The minimum absolute atomic E-state index is 0.218. The Morgan fingerprint density at radius 2 is 2.42 bits per heavy atom. The van der Waals surface area contributed by atoms with Crippen LogP contribution < -0.4 is 10.6 Å². The summed E-state index contributed by atoms with van der Waals surface area (Å²) >= 11 is 0. The summed E-state index contributed by atoms with van der Waals surface area (Å²) in [5, 5.41) is 6.83. The van der Waals surface area contributed by atoms with E-state index in [1.807, 2.05) is 12.1 Å². The third-order valence-corrected chi connectivity index (χ3v) is 4.41. The molecule has 1 aromatic rings. The van der Waals surface area contributed by atoms with Crippen molar-refractivity contribution in [3.8, 4) is 0 Å². The van der Waals surface area contributed by atoms with Crippen LogP contribution >= 0.6 is 0 Å². The number of hydrogen-bond donors (Lipinski definition) is 2. The molecule has 2 rings (SSSR count). The molecule has 2 unspecified atom stereocenters. The van der Waals surface area contributed by atoms with Gasteiger partial charge in [0, 0.05) is 32.2 Å². The van der Waals surface area contributed by atoms with E-state index in [0.717, 1.165) is 37.8 Å². The number of hydrogen-bond acceptors (Lipinski definition) is 4. The lowest BCUT2D eigenvalue weighted by atomic mass is 10.2. The molecule has 0 aliphatic carbocycles. The molecule has 1 aliphatic rings. The summed E-state index contributed by atoms with van der Waals surface area (Å²) < 4.78 is 10.6. The number of nitrogens with one attached hydrogen (secondary N) is 2. The maximum absolute atomic E-state index is 5.38. The average molecular weight is 336 g/mol. The largest absolute Gasteiger partial charge is 0.469 e. The van der Waals surface area contributed by atoms with Crippen LogP contribution in [0.5, 0.6) is 0 Å². The number of furan rings is 1. The molecule has 2 heterocycles. The van der Waals surface area contributed by atoms with Crippen molar-refractivity contribution >= 4 is 5.96 Å². The van der Waals surface area contributed by atoms with Crippen molar-refractivity contribution in [3.63, 3.8) is 0 Å². The van der Waals surface area contributed by atoms with Crippen LogP contribution in [0.4, 0.5) is 0 Å². The molecule has 136 valence electrons. The fourth-order valence-corrected chi connectivity index (χ4v) is 3.15. The highest BCUT2D eigenvalue weighted by Gasteiger charge is 2.22. The van der Waals surface area contributed by atoms with Gasteiger partial charge in [-0.05, 0) is 45.0 Å². The SMILES string of the molecule is CCN1CCCC1CN=C(NCCc1ccco1)NC(C)COC. The van der Waals surface area contributed by atoms with Crippen LogP contribution in [0.1, 0.15) is 32.4 Å². The lowest BCUT2D eigenvalue weighted by molar-refractivity contribution is 0.179. The first kappa shape index (κ1) is 18.8. The first-order valence-corrected chi connectivity index (χ1v) is 9.03. The van der Waals surface area contributed by atoms with Crippen LogP contribution in [0, 0.1) is 0 Å². The molecule has 0 aromatic carbocycles. The van der Waals surface area contributed by atoms with Crippen LogP contribution in [0.3, 0.4) is 0 Å². The number of nitrogens with zero attached hydrogens (tertiary/aromatic N) is 2. The molecule has 2 N–H and O–H groups in total. The van der Waals surface area contributed by atoms with Gasteiger partial charge in [0.15, 0.2) is 5.96 Å². The van der Waals surface area contributed by atoms with Crippen LogP contribution in [0.15, 0.2) is 27.8 Å². The quantitative estimate of drug-likeness (QED) is 0.532. The van der Waals surface area contributed by atoms with E-state index in [-0.39, 0.29) is 6.04 Å². The van der Waals surface area contributed by atoms with Gasteiger partial charge in [-0.1, -0.05) is 6.92 Å². The van der Waals surface area contributed by atoms with E-state index in [1.54, 1.807) is 13.4 Å². The summed E-state index contributed by atoms with van der Waals surface area (Å²) in [5.74, 6) is 1.84. The standard InChI is InChI=1S/C18H32N4O2/c1-4-22-11-5-7-16(22)13-20-18(21-15(2)14-23-3)19-10-9-17-8-6-12-24-17/h6,8,12,15-16H,4-5,7,9-11,13-14H2,1-3H3,(H2,19,20,21). The van der Waals surface area contributed by atoms with Crippen LogP contribution in [-0.2, 0) is 11.2 Å². The van der Waals surface area contributed by atoms with Crippen molar-refractivity contribution in [1.29, 1.82) is 0 Å². The fourth-order valence-electron chi connectivity index (χ4n) is 3.15. The van der Waals surface area contributed by atoms with Crippen molar-refractivity contribution in [1.82, 2.24) is 15.5 Å². The minimum Gasteiger partial charge on any atom is -0.469 e. The first-order chi connectivity index (χ1) is 11.7. The van der Waals surface area contributed by atoms with Gasteiger partial charge >= 0.3 is 0 Å². The van der Waals surface area contributed by atoms with Crippen LogP contribution in [0.25, 0.3) is 0 Å². The Kier molecular flexibility index (Phi) is 8.12. The van der Waals surface area contributed by atoms with Crippen molar-refractivity contribution < 1.29 is 9.15 Å². The number of likely N-dealkylation sites (N-methyl/N-ethyl adjacent to an activating group) is 1. The minimum atomic E-state index is 0.218. The van der Waals surface area contributed by atoms with Crippen molar-refractivity contribution in [3.05, 3.63) is 24.2 Å². The molecule has 0 radical (unpaired) electrons. The van der Waals surface area contributed by atoms with Crippen molar-refractivity contribution in [2.45, 2.75) is 45.2 Å². The summed E-state index contributed by atoms with van der Waals surface area (Å²) in [6, 6.07) is 4.70. The van der Waals surface area contributed by atoms with E-state index in [0.29, 0.717) is 12.6 Å². The second-order valence-electron chi connectivity index (χ2n) is 6.37. The molecule has 2 atom stereocenters. The van der Waals surface area contributed by atoms with Crippen molar-refractivity contribution in [2.75, 3.05) is 39.9 Å². The van der Waals surface area contributed by atoms with Gasteiger partial charge in [0.2, 0.25) is 0 Å². The zero-order valence-corrected chi connectivity index (χ0v) is 15.3. The monoisotopic (exact) mass is 336 g/mol. The highest BCUT2D eigenvalue weighted by Crippen LogP contribution is 2.16. The molecule has 0 bridgehead atoms. The lowest BCUT2D eigenvalue weighted by Crippen LogP contribution is -2.45. The topological polar surface area (TPSA) is 62.0 Å². The third kappa shape index (κ3) is 6.17. The van der Waals surface area contributed by atoms with Gasteiger partial charge in [-0.2, -0.15) is 0 Å². The molecule has 1 fully saturated rings. The second kappa shape index (κ2) is 10.4. The molecule has 6 nitrogen and oxygen atoms in total. The maximum Gasteiger partial charge on any atom is 0.191 e. The Balaban J connectivity index is 1.86. The number of aliphatic imine (C=N–C) groups is 1. The van der Waals surface area contributed by atoms with Gasteiger partial charge in [0.1, 0.15) is 5.76 Å². The van der Waals surface area contributed by atoms with E-state index in [2.05, 4.69) is 29.4 Å². The van der Waals surface area contributed by atoms with Crippen LogP contribution in [-0.4, -0.2) is 62.8 Å². The van der Waals surface area contributed by atoms with Gasteiger partial charge in [-0.15, -0.1) is 0 Å². The van der Waals surface area contributed by atoms with Crippen molar-refractivity contribution in [2.24, 2.45) is 4.99 Å². The first-order valence-electron chi connectivity index (χ1n) is 9.03. The van der Waals surface area contributed by atoms with Gasteiger partial charge in [-0.3, -0.25) is 9.89 Å². The Morgan fingerprint density at radius 1 is 1.54 bits per heavy atom. The zero-order valence-electron chi connectivity index (χ0n) is 15.3. The fraction of sp³-hybridized carbons (Fsp3) is 0.722. The summed E-state index contributed by atoms with van der Waals surface area (Å²) in [6.07, 6.45) is 5.08. The molecule has 1 aromatic heterocycles. The van der Waals surface area contributed by atoms with Crippen LogP contribution in [0.2, 0.25) is 0 Å². The van der Waals surface area contributed by atoms with E-state index < -0.39 is 0 Å². The molecule has 1 aliphatic heterocycles. The predicted octanol–water partition coefficient (Wildman–Crippen LogP) is 1.88. The van der Waals surface area contributed by atoms with E-state index in [1.165, 1.54) is 19.4 Å². The van der Waals surface area contributed by atoms with Gasteiger partial charge in [0.05, 0.1) is 19.4 Å². The Labute approximate surface area is 145 Å². The molecule has 0 saturated carbocycles. The molecular weight excluding hydrogens is 304 g/mol. The van der Waals surface area contributed by atoms with E-state index in [4.69, 9.17) is 14.1 Å². The third-order valence-electron chi connectivity index (χ3n) is 4.41. The lowest BCUT2D eigenvalue weighted by Gasteiger charge is -2.22. The molecule has 1 saturated heterocycles. The van der Waals surface area contributed by atoms with E-state index >= 15 is 0 Å².